The monoisotopic (exact) mass is 269 g/mol. The maximum Gasteiger partial charge on any atom is 0.125 e. The standard InChI is InChI=1S/C13H10Cl2FN/c14-12-5-2-6-13(15)11(12)8-17-10-4-1-3-9(16)7-10/h1-7,17H,8H2. The van der Waals surface area contributed by atoms with Crippen LogP contribution < -0.4 is 5.32 Å². The first kappa shape index (κ1) is 12.2. The Balaban J connectivity index is 2.13. The van der Waals surface area contributed by atoms with Gasteiger partial charge < -0.3 is 5.32 Å². The van der Waals surface area contributed by atoms with Crippen LogP contribution in [0.25, 0.3) is 0 Å². The third-order valence-electron chi connectivity index (χ3n) is 2.36. The van der Waals surface area contributed by atoms with Gasteiger partial charge in [0.15, 0.2) is 0 Å². The lowest BCUT2D eigenvalue weighted by molar-refractivity contribution is 0.628. The molecule has 1 N–H and O–H groups in total. The topological polar surface area (TPSA) is 12.0 Å². The van der Waals surface area contributed by atoms with Crippen LogP contribution in [0.2, 0.25) is 10.0 Å². The Bertz CT molecular complexity index is 508. The van der Waals surface area contributed by atoms with Crippen LogP contribution in [0.1, 0.15) is 5.56 Å². The van der Waals surface area contributed by atoms with Gasteiger partial charge in [-0.15, -0.1) is 0 Å². The average Bonchev–Trinajstić information content (AvgIpc) is 2.28. The number of hydrogen-bond donors (Lipinski definition) is 1. The van der Waals surface area contributed by atoms with Crippen molar-refractivity contribution >= 4 is 28.9 Å². The molecule has 0 aliphatic rings. The van der Waals surface area contributed by atoms with E-state index in [2.05, 4.69) is 5.32 Å². The van der Waals surface area contributed by atoms with Crippen molar-refractivity contribution in [2.75, 3.05) is 5.32 Å². The van der Waals surface area contributed by atoms with Gasteiger partial charge in [0.1, 0.15) is 5.82 Å². The van der Waals surface area contributed by atoms with Gasteiger partial charge in [-0.3, -0.25) is 0 Å². The number of hydrogen-bond acceptors (Lipinski definition) is 1. The first-order valence-corrected chi connectivity index (χ1v) is 5.85. The Labute approximate surface area is 109 Å². The van der Waals surface area contributed by atoms with Gasteiger partial charge in [0.25, 0.3) is 0 Å². The van der Waals surface area contributed by atoms with E-state index < -0.39 is 0 Å². The first-order chi connectivity index (χ1) is 8.16. The zero-order valence-electron chi connectivity index (χ0n) is 8.88. The van der Waals surface area contributed by atoms with Crippen LogP contribution in [0.4, 0.5) is 10.1 Å². The quantitative estimate of drug-likeness (QED) is 0.849. The molecule has 0 heterocycles. The van der Waals surface area contributed by atoms with Gasteiger partial charge in [-0.25, -0.2) is 4.39 Å². The minimum atomic E-state index is -0.278. The number of benzene rings is 2. The van der Waals surface area contributed by atoms with Crippen LogP contribution in [0.15, 0.2) is 42.5 Å². The maximum atomic E-state index is 13.0. The van der Waals surface area contributed by atoms with Crippen molar-refractivity contribution in [2.24, 2.45) is 0 Å². The van der Waals surface area contributed by atoms with E-state index in [4.69, 9.17) is 23.2 Å². The predicted molar refractivity (Wildman–Crippen MR) is 70.2 cm³/mol. The summed E-state index contributed by atoms with van der Waals surface area (Å²) < 4.78 is 13.0. The minimum absolute atomic E-state index is 0.278. The average molecular weight is 270 g/mol. The molecule has 1 nitrogen and oxygen atoms in total. The lowest BCUT2D eigenvalue weighted by Gasteiger charge is -2.09. The molecular weight excluding hydrogens is 260 g/mol. The molecule has 0 unspecified atom stereocenters. The van der Waals surface area contributed by atoms with Crippen LogP contribution in [-0.2, 0) is 6.54 Å². The van der Waals surface area contributed by atoms with Crippen molar-refractivity contribution < 1.29 is 4.39 Å². The fourth-order valence-electron chi connectivity index (χ4n) is 1.49. The van der Waals surface area contributed by atoms with Crippen molar-refractivity contribution in [1.29, 1.82) is 0 Å². The third-order valence-corrected chi connectivity index (χ3v) is 3.06. The zero-order chi connectivity index (χ0) is 12.3. The summed E-state index contributed by atoms with van der Waals surface area (Å²) in [6.45, 7) is 0.460. The Morgan fingerprint density at radius 3 is 2.29 bits per heavy atom. The van der Waals surface area contributed by atoms with Crippen molar-refractivity contribution in [3.63, 3.8) is 0 Å². The molecule has 0 saturated heterocycles. The molecule has 88 valence electrons. The highest BCUT2D eigenvalue weighted by Gasteiger charge is 2.04. The Kier molecular flexibility index (Phi) is 3.87. The van der Waals surface area contributed by atoms with Crippen molar-refractivity contribution in [2.45, 2.75) is 6.54 Å². The minimum Gasteiger partial charge on any atom is -0.381 e. The molecule has 2 rings (SSSR count). The molecule has 0 aromatic heterocycles. The van der Waals surface area contributed by atoms with Gasteiger partial charge in [-0.1, -0.05) is 35.3 Å². The number of halogens is 3. The molecule has 0 amide bonds. The van der Waals surface area contributed by atoms with E-state index in [0.717, 1.165) is 5.56 Å². The molecule has 4 heteroatoms. The molecule has 0 bridgehead atoms. The van der Waals surface area contributed by atoms with Gasteiger partial charge >= 0.3 is 0 Å². The van der Waals surface area contributed by atoms with E-state index >= 15 is 0 Å². The molecule has 0 fully saturated rings. The third kappa shape index (κ3) is 3.11. The number of anilines is 1. The summed E-state index contributed by atoms with van der Waals surface area (Å²) in [6, 6.07) is 11.6. The number of rotatable bonds is 3. The second-order valence-electron chi connectivity index (χ2n) is 3.56. The van der Waals surface area contributed by atoms with Crippen molar-refractivity contribution in [3.05, 3.63) is 63.9 Å². The molecule has 0 radical (unpaired) electrons. The van der Waals surface area contributed by atoms with Gasteiger partial charge in [-0.05, 0) is 30.3 Å². The summed E-state index contributed by atoms with van der Waals surface area (Å²) in [6.07, 6.45) is 0. The Hall–Kier alpha value is -1.25. The van der Waals surface area contributed by atoms with Crippen LogP contribution >= 0.6 is 23.2 Å². The van der Waals surface area contributed by atoms with Crippen LogP contribution in [0.3, 0.4) is 0 Å². The van der Waals surface area contributed by atoms with E-state index in [1.165, 1.54) is 12.1 Å². The molecule has 2 aromatic carbocycles. The van der Waals surface area contributed by atoms with Gasteiger partial charge in [0.2, 0.25) is 0 Å². The van der Waals surface area contributed by atoms with Crippen LogP contribution in [0.5, 0.6) is 0 Å². The molecule has 0 atom stereocenters. The summed E-state index contributed by atoms with van der Waals surface area (Å²) in [7, 11) is 0. The summed E-state index contributed by atoms with van der Waals surface area (Å²) in [5.74, 6) is -0.278. The Morgan fingerprint density at radius 1 is 1.00 bits per heavy atom. The normalized spacial score (nSPS) is 10.3. The van der Waals surface area contributed by atoms with Crippen LogP contribution in [0, 0.1) is 5.82 Å². The second-order valence-corrected chi connectivity index (χ2v) is 4.38. The molecule has 0 saturated carbocycles. The molecule has 0 aliphatic carbocycles. The SMILES string of the molecule is Fc1cccc(NCc2c(Cl)cccc2Cl)c1. The smallest absolute Gasteiger partial charge is 0.125 e. The summed E-state index contributed by atoms with van der Waals surface area (Å²) >= 11 is 12.1. The summed E-state index contributed by atoms with van der Waals surface area (Å²) in [5, 5.41) is 4.27. The van der Waals surface area contributed by atoms with E-state index in [1.54, 1.807) is 30.3 Å². The highest BCUT2D eigenvalue weighted by molar-refractivity contribution is 6.36. The first-order valence-electron chi connectivity index (χ1n) is 5.09. The zero-order valence-corrected chi connectivity index (χ0v) is 10.4. The van der Waals surface area contributed by atoms with Crippen LogP contribution in [-0.4, -0.2) is 0 Å². The Morgan fingerprint density at radius 2 is 1.65 bits per heavy atom. The molecule has 0 aliphatic heterocycles. The largest absolute Gasteiger partial charge is 0.381 e. The fraction of sp³-hybridized carbons (Fsp3) is 0.0769. The van der Waals surface area contributed by atoms with E-state index in [-0.39, 0.29) is 5.82 Å². The van der Waals surface area contributed by atoms with E-state index in [0.29, 0.717) is 22.3 Å². The highest BCUT2D eigenvalue weighted by atomic mass is 35.5. The highest BCUT2D eigenvalue weighted by Crippen LogP contribution is 2.25. The molecule has 17 heavy (non-hydrogen) atoms. The van der Waals surface area contributed by atoms with Gasteiger partial charge in [0.05, 0.1) is 0 Å². The van der Waals surface area contributed by atoms with Gasteiger partial charge in [-0.2, -0.15) is 0 Å². The van der Waals surface area contributed by atoms with E-state index in [1.807, 2.05) is 0 Å². The van der Waals surface area contributed by atoms with Crippen molar-refractivity contribution in [3.8, 4) is 0 Å². The fourth-order valence-corrected chi connectivity index (χ4v) is 2.02. The van der Waals surface area contributed by atoms with Gasteiger partial charge in [0, 0.05) is 27.8 Å². The van der Waals surface area contributed by atoms with E-state index in [9.17, 15) is 4.39 Å². The molecular formula is C13H10Cl2FN. The predicted octanol–water partition coefficient (Wildman–Crippen LogP) is 4.74. The lowest BCUT2D eigenvalue weighted by atomic mass is 10.2. The summed E-state index contributed by atoms with van der Waals surface area (Å²) in [4.78, 5) is 0. The molecule has 0 spiro atoms. The lowest BCUT2D eigenvalue weighted by Crippen LogP contribution is -2.01. The second kappa shape index (κ2) is 5.39. The maximum absolute atomic E-state index is 13.0. The number of nitrogens with one attached hydrogen (secondary N) is 1. The summed E-state index contributed by atoms with van der Waals surface area (Å²) in [5.41, 5.74) is 1.50. The molecule has 2 aromatic rings. The van der Waals surface area contributed by atoms with Crippen molar-refractivity contribution in [1.82, 2.24) is 0 Å².